The second-order valence-electron chi connectivity index (χ2n) is 5.52. The second kappa shape index (κ2) is 7.55. The lowest BCUT2D eigenvalue weighted by Crippen LogP contribution is -2.13. The van der Waals surface area contributed by atoms with Crippen LogP contribution in [0.4, 0.5) is 5.69 Å². The largest absolute Gasteiger partial charge is 0.497 e. The SMILES string of the molecule is COc1ccc(OC)c(NS(=O)(=O)c2ccc(-c3ccc(C=O)o3)cc2)c1. The maximum Gasteiger partial charge on any atom is 0.262 e. The van der Waals surface area contributed by atoms with Gasteiger partial charge in [0, 0.05) is 11.6 Å². The monoisotopic (exact) mass is 387 g/mol. The third-order valence-corrected chi connectivity index (χ3v) is 5.22. The van der Waals surface area contributed by atoms with Gasteiger partial charge in [0.2, 0.25) is 0 Å². The third-order valence-electron chi connectivity index (χ3n) is 3.84. The molecule has 0 bridgehead atoms. The molecule has 1 aromatic heterocycles. The molecule has 27 heavy (non-hydrogen) atoms. The Labute approximate surface area is 156 Å². The minimum Gasteiger partial charge on any atom is -0.497 e. The van der Waals surface area contributed by atoms with Crippen LogP contribution in [-0.2, 0) is 10.0 Å². The van der Waals surface area contributed by atoms with Crippen molar-refractivity contribution in [1.29, 1.82) is 0 Å². The topological polar surface area (TPSA) is 94.8 Å². The number of furan rings is 1. The number of sulfonamides is 1. The van der Waals surface area contributed by atoms with E-state index >= 15 is 0 Å². The van der Waals surface area contributed by atoms with Crippen molar-refractivity contribution >= 4 is 22.0 Å². The standard InChI is InChI=1S/C19H17NO6S/c1-24-14-5-10-19(25-2)17(11-14)20-27(22,23)16-7-3-13(4-8-16)18-9-6-15(12-21)26-18/h3-12,20H,1-2H3. The first-order valence-electron chi connectivity index (χ1n) is 7.87. The minimum absolute atomic E-state index is 0.0679. The molecule has 140 valence electrons. The van der Waals surface area contributed by atoms with E-state index in [1.54, 1.807) is 36.4 Å². The van der Waals surface area contributed by atoms with E-state index in [9.17, 15) is 13.2 Å². The second-order valence-corrected chi connectivity index (χ2v) is 7.20. The van der Waals surface area contributed by atoms with Crippen LogP contribution in [0.15, 0.2) is 63.9 Å². The molecule has 0 aliphatic rings. The molecule has 3 rings (SSSR count). The van der Waals surface area contributed by atoms with Crippen molar-refractivity contribution in [3.63, 3.8) is 0 Å². The Kier molecular flexibility index (Phi) is 5.18. The van der Waals surface area contributed by atoms with Crippen LogP contribution in [0.1, 0.15) is 10.6 Å². The number of rotatable bonds is 7. The molecule has 0 unspecified atom stereocenters. The van der Waals surface area contributed by atoms with Gasteiger partial charge in [-0.1, -0.05) is 0 Å². The summed E-state index contributed by atoms with van der Waals surface area (Å²) in [5.41, 5.74) is 0.920. The first-order valence-corrected chi connectivity index (χ1v) is 9.35. The lowest BCUT2D eigenvalue weighted by molar-refractivity contribution is 0.110. The molecule has 3 aromatic rings. The van der Waals surface area contributed by atoms with Crippen LogP contribution in [0.3, 0.4) is 0 Å². The Morgan fingerprint density at radius 1 is 0.963 bits per heavy atom. The Balaban J connectivity index is 1.88. The summed E-state index contributed by atoms with van der Waals surface area (Å²) in [5.74, 6) is 1.54. The van der Waals surface area contributed by atoms with Crippen LogP contribution in [0.2, 0.25) is 0 Å². The number of ether oxygens (including phenoxy) is 2. The fraction of sp³-hybridized carbons (Fsp3) is 0.105. The van der Waals surface area contributed by atoms with Crippen LogP contribution >= 0.6 is 0 Å². The average Bonchev–Trinajstić information content (AvgIpc) is 3.17. The van der Waals surface area contributed by atoms with E-state index in [0.29, 0.717) is 29.1 Å². The Bertz CT molecular complexity index is 1050. The van der Waals surface area contributed by atoms with Crippen LogP contribution in [0, 0.1) is 0 Å². The van der Waals surface area contributed by atoms with Gasteiger partial charge in [0.05, 0.1) is 24.8 Å². The highest BCUT2D eigenvalue weighted by molar-refractivity contribution is 7.92. The predicted octanol–water partition coefficient (Wildman–Crippen LogP) is 3.58. The zero-order valence-electron chi connectivity index (χ0n) is 14.6. The van der Waals surface area contributed by atoms with Crippen molar-refractivity contribution in [1.82, 2.24) is 0 Å². The lowest BCUT2D eigenvalue weighted by Gasteiger charge is -2.13. The smallest absolute Gasteiger partial charge is 0.262 e. The van der Waals surface area contributed by atoms with Crippen molar-refractivity contribution in [3.05, 3.63) is 60.4 Å². The van der Waals surface area contributed by atoms with Crippen molar-refractivity contribution in [2.45, 2.75) is 4.90 Å². The van der Waals surface area contributed by atoms with Gasteiger partial charge in [0.1, 0.15) is 17.3 Å². The summed E-state index contributed by atoms with van der Waals surface area (Å²) < 4.78 is 43.5. The molecule has 0 radical (unpaired) electrons. The van der Waals surface area contributed by atoms with Crippen LogP contribution < -0.4 is 14.2 Å². The summed E-state index contributed by atoms with van der Waals surface area (Å²) in [4.78, 5) is 10.8. The summed E-state index contributed by atoms with van der Waals surface area (Å²) in [5, 5.41) is 0. The Morgan fingerprint density at radius 2 is 1.70 bits per heavy atom. The van der Waals surface area contributed by atoms with Gasteiger partial charge in [-0.05, 0) is 48.5 Å². The Hall–Kier alpha value is -3.26. The number of aldehydes is 1. The number of carbonyl (C=O) groups is 1. The summed E-state index contributed by atoms with van der Waals surface area (Å²) in [6, 6.07) is 14.1. The van der Waals surface area contributed by atoms with Crippen molar-refractivity contribution in [2.75, 3.05) is 18.9 Å². The summed E-state index contributed by atoms with van der Waals surface area (Å²) in [6.07, 6.45) is 0.605. The van der Waals surface area contributed by atoms with E-state index in [2.05, 4.69) is 4.72 Å². The number of benzene rings is 2. The highest BCUT2D eigenvalue weighted by Gasteiger charge is 2.18. The normalized spacial score (nSPS) is 11.0. The minimum atomic E-state index is -3.84. The maximum absolute atomic E-state index is 12.7. The zero-order valence-corrected chi connectivity index (χ0v) is 15.4. The first kappa shape index (κ1) is 18.5. The third kappa shape index (κ3) is 3.95. The van der Waals surface area contributed by atoms with E-state index in [4.69, 9.17) is 13.9 Å². The highest BCUT2D eigenvalue weighted by atomic mass is 32.2. The van der Waals surface area contributed by atoms with Gasteiger partial charge in [-0.15, -0.1) is 0 Å². The van der Waals surface area contributed by atoms with Gasteiger partial charge in [-0.3, -0.25) is 9.52 Å². The van der Waals surface area contributed by atoms with E-state index in [-0.39, 0.29) is 16.3 Å². The van der Waals surface area contributed by atoms with Gasteiger partial charge in [0.15, 0.2) is 12.0 Å². The molecule has 1 heterocycles. The molecule has 0 aliphatic heterocycles. The van der Waals surface area contributed by atoms with Crippen LogP contribution in [0.5, 0.6) is 11.5 Å². The molecule has 7 nitrogen and oxygen atoms in total. The number of hydrogen-bond donors (Lipinski definition) is 1. The zero-order chi connectivity index (χ0) is 19.4. The molecular weight excluding hydrogens is 370 g/mol. The highest BCUT2D eigenvalue weighted by Crippen LogP contribution is 2.31. The lowest BCUT2D eigenvalue weighted by atomic mass is 10.2. The van der Waals surface area contributed by atoms with Crippen molar-refractivity contribution in [2.24, 2.45) is 0 Å². The van der Waals surface area contributed by atoms with E-state index in [1.807, 2.05) is 0 Å². The molecule has 0 atom stereocenters. The van der Waals surface area contributed by atoms with E-state index in [1.165, 1.54) is 32.4 Å². The average molecular weight is 387 g/mol. The number of hydrogen-bond acceptors (Lipinski definition) is 6. The molecule has 2 aromatic carbocycles. The maximum atomic E-state index is 12.7. The molecule has 0 aliphatic carbocycles. The summed E-state index contributed by atoms with van der Waals surface area (Å²) in [7, 11) is -0.902. The molecular formula is C19H17NO6S. The molecule has 0 spiro atoms. The van der Waals surface area contributed by atoms with Gasteiger partial charge < -0.3 is 13.9 Å². The molecule has 0 amide bonds. The van der Waals surface area contributed by atoms with Gasteiger partial charge in [0.25, 0.3) is 10.0 Å². The fourth-order valence-electron chi connectivity index (χ4n) is 2.47. The van der Waals surface area contributed by atoms with Gasteiger partial charge >= 0.3 is 0 Å². The quantitative estimate of drug-likeness (QED) is 0.623. The van der Waals surface area contributed by atoms with Crippen LogP contribution in [-0.4, -0.2) is 28.9 Å². The van der Waals surface area contributed by atoms with E-state index in [0.717, 1.165) is 0 Å². The number of anilines is 1. The number of nitrogens with one attached hydrogen (secondary N) is 1. The van der Waals surface area contributed by atoms with Gasteiger partial charge in [-0.2, -0.15) is 0 Å². The number of carbonyl (C=O) groups excluding carboxylic acids is 1. The Morgan fingerprint density at radius 3 is 2.30 bits per heavy atom. The van der Waals surface area contributed by atoms with Gasteiger partial charge in [-0.25, -0.2) is 8.42 Å². The van der Waals surface area contributed by atoms with Crippen LogP contribution in [0.25, 0.3) is 11.3 Å². The van der Waals surface area contributed by atoms with Crippen molar-refractivity contribution < 1.29 is 27.1 Å². The molecule has 8 heteroatoms. The molecule has 0 fully saturated rings. The predicted molar refractivity (Wildman–Crippen MR) is 99.9 cm³/mol. The fourth-order valence-corrected chi connectivity index (χ4v) is 3.53. The molecule has 1 N–H and O–H groups in total. The van der Waals surface area contributed by atoms with Crippen molar-refractivity contribution in [3.8, 4) is 22.8 Å². The first-order chi connectivity index (χ1) is 13.0. The molecule has 0 saturated carbocycles. The number of methoxy groups -OCH3 is 2. The summed E-state index contributed by atoms with van der Waals surface area (Å²) in [6.45, 7) is 0. The molecule has 0 saturated heterocycles. The van der Waals surface area contributed by atoms with E-state index < -0.39 is 10.0 Å². The summed E-state index contributed by atoms with van der Waals surface area (Å²) >= 11 is 0.